The monoisotopic (exact) mass is 249 g/mol. The van der Waals surface area contributed by atoms with E-state index in [-0.39, 0.29) is 0 Å². The molecule has 1 aromatic carbocycles. The minimum Gasteiger partial charge on any atom is -0.389 e. The number of aliphatic hydroxyl groups is 1. The van der Waals surface area contributed by atoms with E-state index in [1.165, 1.54) is 5.56 Å². The molecule has 1 rings (SSSR count). The van der Waals surface area contributed by atoms with Crippen molar-refractivity contribution in [2.75, 3.05) is 6.54 Å². The highest BCUT2D eigenvalue weighted by atomic mass is 16.3. The summed E-state index contributed by atoms with van der Waals surface area (Å²) in [6, 6.07) is 10.8. The number of rotatable bonds is 7. The van der Waals surface area contributed by atoms with Crippen molar-refractivity contribution in [1.82, 2.24) is 5.32 Å². The molecule has 2 heteroatoms. The van der Waals surface area contributed by atoms with Gasteiger partial charge in [0.2, 0.25) is 0 Å². The Labute approximate surface area is 111 Å². The van der Waals surface area contributed by atoms with E-state index in [4.69, 9.17) is 0 Å². The second kappa shape index (κ2) is 6.91. The molecule has 0 bridgehead atoms. The van der Waals surface area contributed by atoms with Crippen molar-refractivity contribution in [2.45, 2.75) is 52.2 Å². The molecule has 2 atom stereocenters. The van der Waals surface area contributed by atoms with Crippen LogP contribution in [0.1, 0.15) is 52.1 Å². The fourth-order valence-corrected chi connectivity index (χ4v) is 2.48. The van der Waals surface area contributed by atoms with Crippen LogP contribution in [0.25, 0.3) is 0 Å². The summed E-state index contributed by atoms with van der Waals surface area (Å²) in [5.41, 5.74) is 0.663. The fraction of sp³-hybridized carbons (Fsp3) is 0.625. The van der Waals surface area contributed by atoms with Crippen LogP contribution in [-0.2, 0) is 0 Å². The highest BCUT2D eigenvalue weighted by molar-refractivity contribution is 5.18. The summed E-state index contributed by atoms with van der Waals surface area (Å²) in [5.74, 6) is 0.513. The number of nitrogens with one attached hydrogen (secondary N) is 1. The van der Waals surface area contributed by atoms with Crippen molar-refractivity contribution in [3.8, 4) is 0 Å². The SMILES string of the molecule is CCC(NCC(C)(O)CC(C)C)c1ccccc1. The summed E-state index contributed by atoms with van der Waals surface area (Å²) in [4.78, 5) is 0. The topological polar surface area (TPSA) is 32.3 Å². The average Bonchev–Trinajstić information content (AvgIpc) is 2.29. The minimum atomic E-state index is -0.629. The number of hydrogen-bond acceptors (Lipinski definition) is 2. The lowest BCUT2D eigenvalue weighted by Gasteiger charge is -2.28. The smallest absolute Gasteiger partial charge is 0.0746 e. The van der Waals surface area contributed by atoms with Crippen LogP contribution in [0.5, 0.6) is 0 Å². The van der Waals surface area contributed by atoms with Crippen LogP contribution in [0.2, 0.25) is 0 Å². The largest absolute Gasteiger partial charge is 0.389 e. The van der Waals surface area contributed by atoms with Gasteiger partial charge in [-0.05, 0) is 31.2 Å². The first-order valence-corrected chi connectivity index (χ1v) is 6.95. The standard InChI is InChI=1S/C16H27NO/c1-5-15(14-9-7-6-8-10-14)17-12-16(4,18)11-13(2)3/h6-10,13,15,17-18H,5,11-12H2,1-4H3. The van der Waals surface area contributed by atoms with E-state index in [0.29, 0.717) is 18.5 Å². The van der Waals surface area contributed by atoms with E-state index in [0.717, 1.165) is 12.8 Å². The quantitative estimate of drug-likeness (QED) is 0.775. The number of benzene rings is 1. The van der Waals surface area contributed by atoms with Gasteiger partial charge in [-0.25, -0.2) is 0 Å². The Morgan fingerprint density at radius 1 is 1.22 bits per heavy atom. The molecule has 0 fully saturated rings. The zero-order valence-electron chi connectivity index (χ0n) is 12.1. The molecule has 0 saturated heterocycles. The second-order valence-corrected chi connectivity index (χ2v) is 5.85. The van der Waals surface area contributed by atoms with Crippen molar-refractivity contribution >= 4 is 0 Å². The van der Waals surface area contributed by atoms with Crippen LogP contribution in [0.4, 0.5) is 0 Å². The van der Waals surface area contributed by atoms with Gasteiger partial charge in [0.15, 0.2) is 0 Å². The normalized spacial score (nSPS) is 16.6. The molecule has 0 radical (unpaired) electrons. The summed E-state index contributed by atoms with van der Waals surface area (Å²) in [6.45, 7) is 9.00. The molecule has 0 aliphatic carbocycles. The average molecular weight is 249 g/mol. The highest BCUT2D eigenvalue weighted by Crippen LogP contribution is 2.19. The Morgan fingerprint density at radius 3 is 2.33 bits per heavy atom. The summed E-state index contributed by atoms with van der Waals surface area (Å²) < 4.78 is 0. The van der Waals surface area contributed by atoms with Crippen molar-refractivity contribution < 1.29 is 5.11 Å². The Bertz CT molecular complexity index is 332. The minimum absolute atomic E-state index is 0.324. The molecule has 1 aromatic rings. The zero-order chi connectivity index (χ0) is 13.6. The van der Waals surface area contributed by atoms with E-state index in [1.807, 2.05) is 13.0 Å². The van der Waals surface area contributed by atoms with Crippen LogP contribution < -0.4 is 5.32 Å². The van der Waals surface area contributed by atoms with Gasteiger partial charge in [0.05, 0.1) is 5.60 Å². The zero-order valence-corrected chi connectivity index (χ0v) is 12.1. The molecule has 18 heavy (non-hydrogen) atoms. The molecule has 0 spiro atoms. The third-order valence-corrected chi connectivity index (χ3v) is 3.19. The molecular weight excluding hydrogens is 222 g/mol. The molecule has 2 N–H and O–H groups in total. The molecule has 0 aromatic heterocycles. The fourth-order valence-electron chi connectivity index (χ4n) is 2.48. The molecule has 0 aliphatic heterocycles. The first kappa shape index (κ1) is 15.2. The van der Waals surface area contributed by atoms with Gasteiger partial charge in [-0.2, -0.15) is 0 Å². The van der Waals surface area contributed by atoms with Gasteiger partial charge in [0.25, 0.3) is 0 Å². The Morgan fingerprint density at radius 2 is 1.83 bits per heavy atom. The van der Waals surface area contributed by atoms with E-state index in [9.17, 15) is 5.11 Å². The van der Waals surface area contributed by atoms with Crippen molar-refractivity contribution in [1.29, 1.82) is 0 Å². The van der Waals surface area contributed by atoms with Crippen LogP contribution in [0.15, 0.2) is 30.3 Å². The van der Waals surface area contributed by atoms with Crippen molar-refractivity contribution in [2.24, 2.45) is 5.92 Å². The third kappa shape index (κ3) is 5.19. The van der Waals surface area contributed by atoms with Gasteiger partial charge < -0.3 is 10.4 Å². The summed E-state index contributed by atoms with van der Waals surface area (Å²) in [5, 5.41) is 13.8. The van der Waals surface area contributed by atoms with Crippen molar-refractivity contribution in [3.63, 3.8) is 0 Å². The molecule has 0 aliphatic rings. The summed E-state index contributed by atoms with van der Waals surface area (Å²) >= 11 is 0. The predicted molar refractivity (Wildman–Crippen MR) is 77.6 cm³/mol. The molecular formula is C16H27NO. The van der Waals surface area contributed by atoms with E-state index in [2.05, 4.69) is 50.4 Å². The molecule has 0 amide bonds. The first-order valence-electron chi connectivity index (χ1n) is 6.95. The van der Waals surface area contributed by atoms with Crippen LogP contribution >= 0.6 is 0 Å². The predicted octanol–water partition coefficient (Wildman–Crippen LogP) is 3.52. The third-order valence-electron chi connectivity index (χ3n) is 3.19. The van der Waals surface area contributed by atoms with E-state index < -0.39 is 5.60 Å². The summed E-state index contributed by atoms with van der Waals surface area (Å²) in [7, 11) is 0. The van der Waals surface area contributed by atoms with Crippen LogP contribution in [0, 0.1) is 5.92 Å². The maximum atomic E-state index is 10.3. The van der Waals surface area contributed by atoms with Gasteiger partial charge in [-0.15, -0.1) is 0 Å². The lowest BCUT2D eigenvalue weighted by molar-refractivity contribution is 0.0357. The maximum Gasteiger partial charge on any atom is 0.0746 e. The molecule has 2 unspecified atom stereocenters. The lowest BCUT2D eigenvalue weighted by atomic mass is 9.93. The van der Waals surface area contributed by atoms with Gasteiger partial charge in [-0.1, -0.05) is 51.1 Å². The molecule has 0 saturated carbocycles. The molecule has 0 heterocycles. The van der Waals surface area contributed by atoms with E-state index in [1.54, 1.807) is 0 Å². The Balaban J connectivity index is 2.55. The number of hydrogen-bond donors (Lipinski definition) is 2. The lowest BCUT2D eigenvalue weighted by Crippen LogP contribution is -2.40. The van der Waals surface area contributed by atoms with Gasteiger partial charge in [0, 0.05) is 12.6 Å². The van der Waals surface area contributed by atoms with Crippen LogP contribution in [-0.4, -0.2) is 17.3 Å². The first-order chi connectivity index (χ1) is 8.44. The Kier molecular flexibility index (Phi) is 5.83. The second-order valence-electron chi connectivity index (χ2n) is 5.85. The van der Waals surface area contributed by atoms with Crippen LogP contribution in [0.3, 0.4) is 0 Å². The highest BCUT2D eigenvalue weighted by Gasteiger charge is 2.23. The van der Waals surface area contributed by atoms with Gasteiger partial charge in [-0.3, -0.25) is 0 Å². The van der Waals surface area contributed by atoms with Gasteiger partial charge >= 0.3 is 0 Å². The summed E-state index contributed by atoms with van der Waals surface area (Å²) in [6.07, 6.45) is 1.85. The molecule has 102 valence electrons. The van der Waals surface area contributed by atoms with E-state index >= 15 is 0 Å². The van der Waals surface area contributed by atoms with Crippen molar-refractivity contribution in [3.05, 3.63) is 35.9 Å². The maximum absolute atomic E-state index is 10.3. The molecule has 2 nitrogen and oxygen atoms in total. The van der Waals surface area contributed by atoms with Gasteiger partial charge in [0.1, 0.15) is 0 Å². The Hall–Kier alpha value is -0.860.